The third-order valence-corrected chi connectivity index (χ3v) is 3.99. The van der Waals surface area contributed by atoms with Crippen molar-refractivity contribution in [3.63, 3.8) is 0 Å². The van der Waals surface area contributed by atoms with Crippen molar-refractivity contribution in [2.45, 2.75) is 0 Å². The summed E-state index contributed by atoms with van der Waals surface area (Å²) in [5, 5.41) is 13.0. The average Bonchev–Trinajstić information content (AvgIpc) is 2.77. The van der Waals surface area contributed by atoms with Crippen molar-refractivity contribution < 1.29 is 14.6 Å². The summed E-state index contributed by atoms with van der Waals surface area (Å²) in [7, 11) is 1.49. The minimum Gasteiger partial charge on any atom is -0.504 e. The van der Waals surface area contributed by atoms with E-state index >= 15 is 0 Å². The van der Waals surface area contributed by atoms with Gasteiger partial charge in [-0.15, -0.1) is 0 Å². The number of rotatable bonds is 2. The zero-order chi connectivity index (χ0) is 15.0. The van der Waals surface area contributed by atoms with E-state index in [1.165, 1.54) is 7.11 Å². The summed E-state index contributed by atoms with van der Waals surface area (Å²) in [5.74, 6) is 0.235. The predicted molar refractivity (Wildman–Crippen MR) is 90.3 cm³/mol. The Balaban J connectivity index is 2.13. The third kappa shape index (κ3) is 2.49. The number of fused-ring (bicyclic) bond motifs is 1. The van der Waals surface area contributed by atoms with Gasteiger partial charge in [-0.3, -0.25) is 4.79 Å². The molecule has 4 nitrogen and oxygen atoms in total. The lowest BCUT2D eigenvalue weighted by Crippen LogP contribution is -2.03. The van der Waals surface area contributed by atoms with Crippen LogP contribution in [0.5, 0.6) is 11.5 Å². The van der Waals surface area contributed by atoms with Gasteiger partial charge in [-0.05, 0) is 52.9 Å². The van der Waals surface area contributed by atoms with E-state index in [0.29, 0.717) is 16.9 Å². The maximum atomic E-state index is 12.1. The number of benzene rings is 2. The van der Waals surface area contributed by atoms with Crippen LogP contribution in [0.3, 0.4) is 0 Å². The molecule has 106 valence electrons. The molecule has 5 heteroatoms. The first-order valence-corrected chi connectivity index (χ1v) is 7.37. The van der Waals surface area contributed by atoms with E-state index in [1.54, 1.807) is 24.3 Å². The highest BCUT2D eigenvalue weighted by atomic mass is 127. The second-order valence-electron chi connectivity index (χ2n) is 4.60. The Kier molecular flexibility index (Phi) is 3.59. The van der Waals surface area contributed by atoms with Gasteiger partial charge >= 0.3 is 0 Å². The molecule has 0 atom stereocenters. The fourth-order valence-electron chi connectivity index (χ4n) is 2.28. The molecule has 1 aliphatic rings. The number of nitrogens with one attached hydrogen (secondary N) is 1. The molecule has 3 rings (SSSR count). The molecule has 0 saturated carbocycles. The molecule has 1 heterocycles. The van der Waals surface area contributed by atoms with Crippen LogP contribution in [-0.2, 0) is 4.79 Å². The minimum atomic E-state index is -0.172. The molecule has 1 aliphatic heterocycles. The van der Waals surface area contributed by atoms with Gasteiger partial charge in [0.25, 0.3) is 5.91 Å². The standard InChI is InChI=1S/C16H12INO3/c1-21-14-4-2-3-9(15(14)19)7-12-11-8-10(17)5-6-13(11)18-16(12)20/h2-8,19H,1H3,(H,18,20). The van der Waals surface area contributed by atoms with Crippen molar-refractivity contribution in [2.75, 3.05) is 12.4 Å². The molecule has 2 aromatic rings. The van der Waals surface area contributed by atoms with Crippen LogP contribution in [0, 0.1) is 3.57 Å². The van der Waals surface area contributed by atoms with E-state index in [0.717, 1.165) is 14.8 Å². The van der Waals surface area contributed by atoms with Gasteiger partial charge < -0.3 is 15.2 Å². The molecule has 0 radical (unpaired) electrons. The van der Waals surface area contributed by atoms with Crippen molar-refractivity contribution in [1.82, 2.24) is 0 Å². The predicted octanol–water partition coefficient (Wildman–Crippen LogP) is 3.50. The lowest BCUT2D eigenvalue weighted by atomic mass is 10.0. The van der Waals surface area contributed by atoms with Crippen LogP contribution < -0.4 is 10.1 Å². The van der Waals surface area contributed by atoms with Gasteiger partial charge in [0.05, 0.1) is 7.11 Å². The molecule has 1 amide bonds. The number of hydrogen-bond acceptors (Lipinski definition) is 3. The SMILES string of the molecule is COc1cccc(C=C2C(=O)Nc3ccc(I)cc32)c1O. The number of ether oxygens (including phenoxy) is 1. The number of methoxy groups -OCH3 is 1. The van der Waals surface area contributed by atoms with E-state index in [1.807, 2.05) is 18.2 Å². The quantitative estimate of drug-likeness (QED) is 0.607. The molecular formula is C16H12INO3. The molecule has 0 unspecified atom stereocenters. The van der Waals surface area contributed by atoms with Crippen LogP contribution in [0.25, 0.3) is 11.6 Å². The Morgan fingerprint density at radius 1 is 1.29 bits per heavy atom. The Morgan fingerprint density at radius 3 is 2.86 bits per heavy atom. The Morgan fingerprint density at radius 2 is 2.10 bits per heavy atom. The molecule has 2 aromatic carbocycles. The number of hydrogen-bond donors (Lipinski definition) is 2. The van der Waals surface area contributed by atoms with Gasteiger partial charge in [-0.2, -0.15) is 0 Å². The average molecular weight is 393 g/mol. The van der Waals surface area contributed by atoms with Gasteiger partial charge in [-0.1, -0.05) is 12.1 Å². The maximum absolute atomic E-state index is 12.1. The number of carbonyl (C=O) groups is 1. The fourth-order valence-corrected chi connectivity index (χ4v) is 2.77. The number of para-hydroxylation sites is 1. The number of anilines is 1. The van der Waals surface area contributed by atoms with E-state index in [4.69, 9.17) is 4.74 Å². The lowest BCUT2D eigenvalue weighted by molar-refractivity contribution is -0.110. The Hall–Kier alpha value is -2.02. The lowest BCUT2D eigenvalue weighted by Gasteiger charge is -2.06. The van der Waals surface area contributed by atoms with Gasteiger partial charge in [0.15, 0.2) is 11.5 Å². The van der Waals surface area contributed by atoms with Crippen molar-refractivity contribution in [3.05, 3.63) is 51.1 Å². The topological polar surface area (TPSA) is 58.6 Å². The number of carbonyl (C=O) groups excluding carboxylic acids is 1. The first kappa shape index (κ1) is 13.9. The molecule has 2 N–H and O–H groups in total. The van der Waals surface area contributed by atoms with E-state index in [2.05, 4.69) is 27.9 Å². The monoisotopic (exact) mass is 393 g/mol. The summed E-state index contributed by atoms with van der Waals surface area (Å²) in [6, 6.07) is 10.9. The molecule has 0 aliphatic carbocycles. The number of halogens is 1. The van der Waals surface area contributed by atoms with E-state index in [-0.39, 0.29) is 11.7 Å². The minimum absolute atomic E-state index is 0.0272. The second kappa shape index (κ2) is 5.40. The highest BCUT2D eigenvalue weighted by Crippen LogP contribution is 2.37. The highest BCUT2D eigenvalue weighted by Gasteiger charge is 2.24. The molecular weight excluding hydrogens is 381 g/mol. The summed E-state index contributed by atoms with van der Waals surface area (Å²) in [4.78, 5) is 12.1. The summed E-state index contributed by atoms with van der Waals surface area (Å²) in [6.45, 7) is 0. The van der Waals surface area contributed by atoms with Gasteiger partial charge in [-0.25, -0.2) is 0 Å². The van der Waals surface area contributed by atoms with Crippen molar-refractivity contribution >= 4 is 45.8 Å². The normalized spacial score (nSPS) is 15.0. The van der Waals surface area contributed by atoms with Crippen molar-refractivity contribution in [3.8, 4) is 11.5 Å². The zero-order valence-corrected chi connectivity index (χ0v) is 13.3. The van der Waals surface area contributed by atoms with E-state index < -0.39 is 0 Å². The number of amides is 1. The number of phenols is 1. The van der Waals surface area contributed by atoms with Gasteiger partial charge in [0, 0.05) is 26.0 Å². The fraction of sp³-hybridized carbons (Fsp3) is 0.0625. The smallest absolute Gasteiger partial charge is 0.256 e. The largest absolute Gasteiger partial charge is 0.504 e. The summed E-state index contributed by atoms with van der Waals surface area (Å²) < 4.78 is 6.13. The summed E-state index contributed by atoms with van der Waals surface area (Å²) in [6.07, 6.45) is 1.68. The number of aromatic hydroxyl groups is 1. The van der Waals surface area contributed by atoms with Crippen molar-refractivity contribution in [2.24, 2.45) is 0 Å². The Bertz CT molecular complexity index is 768. The summed E-state index contributed by atoms with van der Waals surface area (Å²) in [5.41, 5.74) is 2.71. The summed E-state index contributed by atoms with van der Waals surface area (Å²) >= 11 is 2.20. The highest BCUT2D eigenvalue weighted by molar-refractivity contribution is 14.1. The van der Waals surface area contributed by atoms with Crippen molar-refractivity contribution in [1.29, 1.82) is 0 Å². The van der Waals surface area contributed by atoms with Gasteiger partial charge in [0.1, 0.15) is 0 Å². The van der Waals surface area contributed by atoms with Crippen LogP contribution in [0.1, 0.15) is 11.1 Å². The molecule has 0 spiro atoms. The molecule has 21 heavy (non-hydrogen) atoms. The number of phenolic OH excluding ortho intramolecular Hbond substituents is 1. The molecule has 0 bridgehead atoms. The molecule has 0 aromatic heterocycles. The second-order valence-corrected chi connectivity index (χ2v) is 5.85. The third-order valence-electron chi connectivity index (χ3n) is 3.31. The van der Waals surface area contributed by atoms with Gasteiger partial charge in [0.2, 0.25) is 0 Å². The maximum Gasteiger partial charge on any atom is 0.256 e. The van der Waals surface area contributed by atoms with Crippen LogP contribution in [0.2, 0.25) is 0 Å². The Labute approximate surface area is 135 Å². The molecule has 0 fully saturated rings. The van der Waals surface area contributed by atoms with Crippen LogP contribution in [0.15, 0.2) is 36.4 Å². The van der Waals surface area contributed by atoms with Crippen LogP contribution in [0.4, 0.5) is 5.69 Å². The zero-order valence-electron chi connectivity index (χ0n) is 11.2. The first-order chi connectivity index (χ1) is 10.1. The van der Waals surface area contributed by atoms with Crippen LogP contribution in [-0.4, -0.2) is 18.1 Å². The van der Waals surface area contributed by atoms with E-state index in [9.17, 15) is 9.90 Å². The molecule has 0 saturated heterocycles. The first-order valence-electron chi connectivity index (χ1n) is 6.29. The van der Waals surface area contributed by atoms with Crippen LogP contribution >= 0.6 is 22.6 Å².